The Bertz CT molecular complexity index is 865. The van der Waals surface area contributed by atoms with Crippen molar-refractivity contribution >= 4 is 28.3 Å². The molecule has 1 aliphatic heterocycles. The van der Waals surface area contributed by atoms with Crippen LogP contribution in [0.5, 0.6) is 5.75 Å². The van der Waals surface area contributed by atoms with Gasteiger partial charge in [0.25, 0.3) is 0 Å². The van der Waals surface area contributed by atoms with Crippen molar-refractivity contribution in [2.75, 3.05) is 25.0 Å². The number of aryl methyl sites for hydroxylation is 1. The predicted octanol–water partition coefficient (Wildman–Crippen LogP) is 2.86. The average Bonchev–Trinajstić information content (AvgIpc) is 3.20. The summed E-state index contributed by atoms with van der Waals surface area (Å²) in [7, 11) is 0. The van der Waals surface area contributed by atoms with Crippen molar-refractivity contribution in [3.05, 3.63) is 40.4 Å². The van der Waals surface area contributed by atoms with Crippen LogP contribution in [-0.4, -0.2) is 46.5 Å². The Morgan fingerprint density at radius 3 is 2.93 bits per heavy atom. The van der Waals surface area contributed by atoms with Crippen molar-refractivity contribution < 1.29 is 19.4 Å². The topological polar surface area (TPSA) is 91.8 Å². The number of anilines is 1. The number of nitrogens with one attached hydrogen (secondary N) is 1. The fraction of sp³-hybridized carbons (Fsp3) is 0.450. The molecule has 150 valence electrons. The molecular weight excluding hydrogens is 378 g/mol. The molecule has 0 aliphatic carbocycles. The van der Waals surface area contributed by atoms with Gasteiger partial charge in [-0.15, -0.1) is 11.3 Å². The molecule has 1 aromatic carbocycles. The molecule has 2 atom stereocenters. The van der Waals surface area contributed by atoms with Crippen LogP contribution in [0.4, 0.5) is 5.13 Å². The second-order valence-electron chi connectivity index (χ2n) is 6.92. The molecule has 2 amide bonds. The van der Waals surface area contributed by atoms with Gasteiger partial charge in [0.1, 0.15) is 5.75 Å². The number of aromatic nitrogens is 1. The zero-order valence-corrected chi connectivity index (χ0v) is 17.1. The quantitative estimate of drug-likeness (QED) is 0.742. The number of ether oxygens (including phenoxy) is 1. The van der Waals surface area contributed by atoms with Crippen LogP contribution in [0.2, 0.25) is 0 Å². The number of aliphatic hydroxyl groups excluding tert-OH is 1. The van der Waals surface area contributed by atoms with E-state index in [1.807, 2.05) is 37.4 Å². The first kappa shape index (κ1) is 20.3. The molecular formula is C20H25N3O4S. The van der Waals surface area contributed by atoms with Gasteiger partial charge in [-0.3, -0.25) is 9.59 Å². The van der Waals surface area contributed by atoms with E-state index in [-0.39, 0.29) is 24.3 Å². The van der Waals surface area contributed by atoms with Crippen molar-refractivity contribution in [2.45, 2.75) is 39.2 Å². The molecule has 0 radical (unpaired) electrons. The number of hydrogen-bond donors (Lipinski definition) is 2. The Labute approximate surface area is 168 Å². The largest absolute Gasteiger partial charge is 0.493 e. The summed E-state index contributed by atoms with van der Waals surface area (Å²) < 4.78 is 5.66. The SMILES string of the molecule is CCOc1cc([C@@H]2CC(=O)N(CC(=O)Nc3nc(C)cs3)C2)ccc1C(C)O. The van der Waals surface area contributed by atoms with Crippen molar-refractivity contribution in [3.8, 4) is 5.75 Å². The van der Waals surface area contributed by atoms with Gasteiger partial charge in [-0.05, 0) is 32.4 Å². The Morgan fingerprint density at radius 1 is 1.50 bits per heavy atom. The number of rotatable bonds is 7. The van der Waals surface area contributed by atoms with E-state index in [1.165, 1.54) is 11.3 Å². The summed E-state index contributed by atoms with van der Waals surface area (Å²) in [6.07, 6.45) is -0.279. The number of carbonyl (C=O) groups excluding carboxylic acids is 2. The summed E-state index contributed by atoms with van der Waals surface area (Å²) in [5.41, 5.74) is 2.55. The smallest absolute Gasteiger partial charge is 0.245 e. The van der Waals surface area contributed by atoms with Crippen molar-refractivity contribution in [2.24, 2.45) is 0 Å². The molecule has 3 rings (SSSR count). The Morgan fingerprint density at radius 2 is 2.29 bits per heavy atom. The number of thiazole rings is 1. The highest BCUT2D eigenvalue weighted by atomic mass is 32.1. The zero-order valence-electron chi connectivity index (χ0n) is 16.3. The van der Waals surface area contributed by atoms with E-state index in [0.717, 1.165) is 16.8 Å². The van der Waals surface area contributed by atoms with E-state index in [4.69, 9.17) is 4.74 Å². The Balaban J connectivity index is 1.66. The highest BCUT2D eigenvalue weighted by molar-refractivity contribution is 7.13. The van der Waals surface area contributed by atoms with E-state index >= 15 is 0 Å². The molecule has 1 aromatic heterocycles. The number of aliphatic hydroxyl groups is 1. The standard InChI is InChI=1S/C20H25N3O4S/c1-4-27-17-7-14(5-6-16(17)13(3)24)15-8-19(26)23(9-15)10-18(25)22-20-21-12(2)11-28-20/h5-7,11,13,15,24H,4,8-10H2,1-3H3,(H,21,22,25)/t13?,15-/m1/s1. The molecule has 0 saturated carbocycles. The van der Waals surface area contributed by atoms with Gasteiger partial charge in [-0.25, -0.2) is 4.98 Å². The third-order valence-electron chi connectivity index (χ3n) is 4.67. The number of amides is 2. The maximum Gasteiger partial charge on any atom is 0.245 e. The molecule has 2 aromatic rings. The molecule has 1 aliphatic rings. The lowest BCUT2D eigenvalue weighted by molar-refractivity contribution is -0.131. The van der Waals surface area contributed by atoms with E-state index in [2.05, 4.69) is 10.3 Å². The van der Waals surface area contributed by atoms with Crippen molar-refractivity contribution in [1.82, 2.24) is 9.88 Å². The highest BCUT2D eigenvalue weighted by Gasteiger charge is 2.32. The van der Waals surface area contributed by atoms with E-state index in [0.29, 0.717) is 30.5 Å². The second-order valence-corrected chi connectivity index (χ2v) is 7.78. The van der Waals surface area contributed by atoms with Crippen LogP contribution < -0.4 is 10.1 Å². The van der Waals surface area contributed by atoms with Crippen LogP contribution >= 0.6 is 11.3 Å². The van der Waals surface area contributed by atoms with Gasteiger partial charge in [0, 0.05) is 29.8 Å². The summed E-state index contributed by atoms with van der Waals surface area (Å²) in [5, 5.41) is 15.0. The van der Waals surface area contributed by atoms with E-state index in [1.54, 1.807) is 11.8 Å². The molecule has 7 nitrogen and oxygen atoms in total. The highest BCUT2D eigenvalue weighted by Crippen LogP contribution is 2.34. The zero-order chi connectivity index (χ0) is 20.3. The van der Waals surface area contributed by atoms with Gasteiger partial charge < -0.3 is 20.1 Å². The fourth-order valence-corrected chi connectivity index (χ4v) is 4.03. The second kappa shape index (κ2) is 8.70. The van der Waals surface area contributed by atoms with Crippen LogP contribution in [0.1, 0.15) is 49.1 Å². The predicted molar refractivity (Wildman–Crippen MR) is 108 cm³/mol. The van der Waals surface area contributed by atoms with Gasteiger partial charge in [-0.1, -0.05) is 12.1 Å². The van der Waals surface area contributed by atoms with E-state index < -0.39 is 6.10 Å². The fourth-order valence-electron chi connectivity index (χ4n) is 3.32. The maximum atomic E-state index is 12.4. The van der Waals surface area contributed by atoms with Crippen molar-refractivity contribution in [3.63, 3.8) is 0 Å². The number of likely N-dealkylation sites (tertiary alicyclic amines) is 1. The van der Waals surface area contributed by atoms with Gasteiger partial charge in [-0.2, -0.15) is 0 Å². The van der Waals surface area contributed by atoms with Crippen LogP contribution in [-0.2, 0) is 9.59 Å². The monoisotopic (exact) mass is 403 g/mol. The minimum absolute atomic E-state index is 0.00957. The van der Waals surface area contributed by atoms with Gasteiger partial charge in [0.2, 0.25) is 11.8 Å². The molecule has 28 heavy (non-hydrogen) atoms. The summed E-state index contributed by atoms with van der Waals surface area (Å²) >= 11 is 1.36. The molecule has 1 unspecified atom stereocenters. The summed E-state index contributed by atoms with van der Waals surface area (Å²) in [6, 6.07) is 5.66. The average molecular weight is 404 g/mol. The molecule has 1 fully saturated rings. The van der Waals surface area contributed by atoms with Gasteiger partial charge in [0.05, 0.1) is 24.9 Å². The lowest BCUT2D eigenvalue weighted by atomic mass is 9.95. The maximum absolute atomic E-state index is 12.4. The molecule has 1 saturated heterocycles. The molecule has 2 heterocycles. The Kier molecular flexibility index (Phi) is 6.31. The third kappa shape index (κ3) is 4.69. The van der Waals surface area contributed by atoms with Crippen LogP contribution in [0, 0.1) is 6.92 Å². The molecule has 8 heteroatoms. The van der Waals surface area contributed by atoms with Crippen LogP contribution in [0.15, 0.2) is 23.6 Å². The first-order valence-electron chi connectivity index (χ1n) is 9.31. The van der Waals surface area contributed by atoms with E-state index in [9.17, 15) is 14.7 Å². The summed E-state index contributed by atoms with van der Waals surface area (Å²) in [5.74, 6) is 0.332. The number of nitrogens with zero attached hydrogens (tertiary/aromatic N) is 2. The Hall–Kier alpha value is -2.45. The number of benzene rings is 1. The normalized spacial score (nSPS) is 17.6. The molecule has 0 bridgehead atoms. The minimum atomic E-state index is -0.629. The summed E-state index contributed by atoms with van der Waals surface area (Å²) in [4.78, 5) is 30.4. The summed E-state index contributed by atoms with van der Waals surface area (Å²) in [6.45, 7) is 6.43. The van der Waals surface area contributed by atoms with Crippen molar-refractivity contribution in [1.29, 1.82) is 0 Å². The molecule has 0 spiro atoms. The lowest BCUT2D eigenvalue weighted by Gasteiger charge is -2.18. The third-order valence-corrected chi connectivity index (χ3v) is 5.55. The van der Waals surface area contributed by atoms with Crippen LogP contribution in [0.25, 0.3) is 0 Å². The minimum Gasteiger partial charge on any atom is -0.493 e. The van der Waals surface area contributed by atoms with Gasteiger partial charge in [0.15, 0.2) is 5.13 Å². The van der Waals surface area contributed by atoms with Crippen LogP contribution in [0.3, 0.4) is 0 Å². The number of hydrogen-bond acceptors (Lipinski definition) is 6. The molecule has 2 N–H and O–H groups in total. The first-order valence-corrected chi connectivity index (χ1v) is 10.2. The van der Waals surface area contributed by atoms with Gasteiger partial charge >= 0.3 is 0 Å². The number of carbonyl (C=O) groups is 2. The lowest BCUT2D eigenvalue weighted by Crippen LogP contribution is -2.34. The first-order chi connectivity index (χ1) is 13.4.